The molecule has 3 N–H and O–H groups in total. The summed E-state index contributed by atoms with van der Waals surface area (Å²) in [5, 5.41) is 25.2. The Morgan fingerprint density at radius 1 is 1.18 bits per heavy atom. The van der Waals surface area contributed by atoms with Crippen LogP contribution in [0.1, 0.15) is 70.3 Å². The molecule has 0 fully saturated rings. The number of amides is 1. The van der Waals surface area contributed by atoms with E-state index in [1.165, 1.54) is 10.6 Å². The van der Waals surface area contributed by atoms with Gasteiger partial charge in [0.05, 0.1) is 30.9 Å². The van der Waals surface area contributed by atoms with Gasteiger partial charge in [-0.3, -0.25) is 10.1 Å². The highest BCUT2D eigenvalue weighted by Crippen LogP contribution is 2.39. The Balaban J connectivity index is 0.000000810. The zero-order chi connectivity index (χ0) is 30.0. The number of rotatable bonds is 5. The van der Waals surface area contributed by atoms with Crippen LogP contribution in [0, 0.1) is 25.1 Å². The molecule has 10 nitrogen and oxygen atoms in total. The molecule has 3 heterocycles. The van der Waals surface area contributed by atoms with E-state index in [-0.39, 0.29) is 30.0 Å². The molecule has 0 saturated carbocycles. The van der Waals surface area contributed by atoms with Crippen LogP contribution in [0.15, 0.2) is 12.1 Å². The van der Waals surface area contributed by atoms with Gasteiger partial charge in [0.15, 0.2) is 23.0 Å². The molecule has 4 rings (SSSR count). The summed E-state index contributed by atoms with van der Waals surface area (Å²) in [7, 11) is 0. The fourth-order valence-corrected chi connectivity index (χ4v) is 4.18. The number of aliphatic carboxylic acids is 1. The van der Waals surface area contributed by atoms with E-state index >= 15 is 4.39 Å². The number of carbonyl (C=O) groups excluding carboxylic acids is 1. The molecule has 1 amide bonds. The van der Waals surface area contributed by atoms with Crippen molar-refractivity contribution in [3.63, 3.8) is 0 Å². The second kappa shape index (κ2) is 11.8. The van der Waals surface area contributed by atoms with Crippen LogP contribution in [0.3, 0.4) is 0 Å². The molecule has 0 bridgehead atoms. The quantitative estimate of drug-likeness (QED) is 0.375. The van der Waals surface area contributed by atoms with Crippen LogP contribution in [0.5, 0.6) is 5.75 Å². The van der Waals surface area contributed by atoms with Crippen LogP contribution in [0.2, 0.25) is 0 Å². The molecular weight excluding hydrogens is 519 g/mol. The maximum Gasteiger partial charge on any atom is 0.412 e. The molecule has 0 atom stereocenters. The molecule has 1 aliphatic rings. The van der Waals surface area contributed by atoms with Crippen molar-refractivity contribution in [2.24, 2.45) is 5.41 Å². The third kappa shape index (κ3) is 7.91. The van der Waals surface area contributed by atoms with E-state index in [2.05, 4.69) is 15.4 Å². The van der Waals surface area contributed by atoms with Crippen LogP contribution >= 0.6 is 0 Å². The second-order valence-corrected chi connectivity index (χ2v) is 12.1. The number of hydrogen-bond donors (Lipinski definition) is 3. The molecular formula is C29H39FN4O6. The number of nitrogens with one attached hydrogen (secondary N) is 1. The maximum absolute atomic E-state index is 15.1. The summed E-state index contributed by atoms with van der Waals surface area (Å²) < 4.78 is 27.4. The number of hydrogen-bond acceptors (Lipinski definition) is 7. The normalized spacial score (nSPS) is 13.2. The van der Waals surface area contributed by atoms with Crippen molar-refractivity contribution in [1.29, 1.82) is 0 Å². The first-order valence-electron chi connectivity index (χ1n) is 13.2. The van der Waals surface area contributed by atoms with E-state index < -0.39 is 23.5 Å². The number of aromatic nitrogens is 3. The van der Waals surface area contributed by atoms with Crippen molar-refractivity contribution in [2.75, 3.05) is 18.5 Å². The van der Waals surface area contributed by atoms with Gasteiger partial charge in [0.25, 0.3) is 0 Å². The molecule has 0 radical (unpaired) electrons. The maximum atomic E-state index is 15.1. The summed E-state index contributed by atoms with van der Waals surface area (Å²) in [6.07, 6.45) is 0.421. The largest absolute Gasteiger partial charge is 0.490 e. The van der Waals surface area contributed by atoms with Crippen molar-refractivity contribution in [2.45, 2.75) is 80.3 Å². The minimum absolute atomic E-state index is 0.184. The Hall–Kier alpha value is -3.73. The van der Waals surface area contributed by atoms with Gasteiger partial charge >= 0.3 is 12.1 Å². The zero-order valence-corrected chi connectivity index (χ0v) is 24.4. The van der Waals surface area contributed by atoms with Crippen molar-refractivity contribution < 1.29 is 33.7 Å². The van der Waals surface area contributed by atoms with Gasteiger partial charge in [0.2, 0.25) is 0 Å². The predicted molar refractivity (Wildman–Crippen MR) is 149 cm³/mol. The van der Waals surface area contributed by atoms with Gasteiger partial charge in [-0.05, 0) is 64.5 Å². The Kier molecular flexibility index (Phi) is 9.08. The number of nitrogens with zero attached hydrogens (tertiary/aromatic N) is 3. The first-order chi connectivity index (χ1) is 18.4. The number of aliphatic hydroxyl groups is 1. The molecule has 0 saturated heterocycles. The van der Waals surface area contributed by atoms with Gasteiger partial charge in [-0.2, -0.15) is 0 Å². The number of aryl methyl sites for hydroxylation is 1. The summed E-state index contributed by atoms with van der Waals surface area (Å²) in [6.45, 7) is 15.3. The molecule has 218 valence electrons. The third-order valence-corrected chi connectivity index (χ3v) is 5.79. The standard InChI is InChI=1S/C25H29FN4O5.C4H10O/c1-13-15-7-6-8-34-23(15)18(26)9-16(13)22-17(10-21(31)32)14(2)27-20-11-19(29-30(20)22)28-24(33)35-12-25(3,4)5;1-4(2,3)5/h9,11H,6-8,10,12H2,1-5H3,(H,31,32)(H,28,29,33);5H,1-3H3. The summed E-state index contributed by atoms with van der Waals surface area (Å²) >= 11 is 0. The lowest BCUT2D eigenvalue weighted by Gasteiger charge is -2.23. The van der Waals surface area contributed by atoms with Crippen molar-refractivity contribution >= 4 is 23.5 Å². The molecule has 40 heavy (non-hydrogen) atoms. The molecule has 1 aliphatic heterocycles. The van der Waals surface area contributed by atoms with E-state index in [9.17, 15) is 14.7 Å². The minimum atomic E-state index is -1.05. The van der Waals surface area contributed by atoms with Crippen LogP contribution in [0.4, 0.5) is 15.0 Å². The molecule has 0 spiro atoms. The zero-order valence-electron chi connectivity index (χ0n) is 24.4. The van der Waals surface area contributed by atoms with Gasteiger partial charge in [-0.1, -0.05) is 20.8 Å². The first-order valence-corrected chi connectivity index (χ1v) is 13.2. The molecule has 0 aliphatic carbocycles. The van der Waals surface area contributed by atoms with E-state index in [4.69, 9.17) is 14.6 Å². The number of ether oxygens (including phenoxy) is 2. The number of carboxylic acid groups (broad SMARTS) is 1. The van der Waals surface area contributed by atoms with E-state index in [1.807, 2.05) is 27.7 Å². The number of fused-ring (bicyclic) bond motifs is 2. The van der Waals surface area contributed by atoms with E-state index in [0.717, 1.165) is 17.5 Å². The Morgan fingerprint density at radius 2 is 1.82 bits per heavy atom. The lowest BCUT2D eigenvalue weighted by molar-refractivity contribution is -0.136. The van der Waals surface area contributed by atoms with Crippen LogP contribution in [0.25, 0.3) is 16.9 Å². The fourth-order valence-electron chi connectivity index (χ4n) is 4.18. The highest BCUT2D eigenvalue weighted by Gasteiger charge is 2.26. The average Bonchev–Trinajstić information content (AvgIpc) is 3.20. The van der Waals surface area contributed by atoms with E-state index in [0.29, 0.717) is 41.2 Å². The highest BCUT2D eigenvalue weighted by atomic mass is 19.1. The molecule has 3 aromatic rings. The number of benzene rings is 1. The predicted octanol–water partition coefficient (Wildman–Crippen LogP) is 5.48. The number of carbonyl (C=O) groups is 2. The van der Waals surface area contributed by atoms with Crippen LogP contribution in [-0.2, 0) is 22.4 Å². The lowest BCUT2D eigenvalue weighted by atomic mass is 9.91. The topological polar surface area (TPSA) is 135 Å². The van der Waals surface area contributed by atoms with E-state index in [1.54, 1.807) is 33.8 Å². The Labute approximate surface area is 233 Å². The van der Waals surface area contributed by atoms with Crippen molar-refractivity contribution in [1.82, 2.24) is 14.6 Å². The number of carboxylic acids is 1. The van der Waals surface area contributed by atoms with Crippen molar-refractivity contribution in [3.05, 3.63) is 40.3 Å². The van der Waals surface area contributed by atoms with Gasteiger partial charge in [-0.25, -0.2) is 18.7 Å². The fraction of sp³-hybridized carbons (Fsp3) is 0.517. The summed E-state index contributed by atoms with van der Waals surface area (Å²) in [5.41, 5.74) is 3.02. The highest BCUT2D eigenvalue weighted by molar-refractivity contribution is 5.85. The SMILES string of the molecule is CC(C)(C)O.Cc1nc2cc(NC(=O)OCC(C)(C)C)nn2c(-c2cc(F)c3c(c2C)CCCO3)c1CC(=O)O. The summed E-state index contributed by atoms with van der Waals surface area (Å²) in [5.74, 6) is -1.14. The average molecular weight is 559 g/mol. The Morgan fingerprint density at radius 3 is 2.42 bits per heavy atom. The smallest absolute Gasteiger partial charge is 0.412 e. The molecule has 1 aromatic carbocycles. The number of anilines is 1. The summed E-state index contributed by atoms with van der Waals surface area (Å²) in [6, 6.07) is 2.91. The first kappa shape index (κ1) is 30.8. The monoisotopic (exact) mass is 558 g/mol. The van der Waals surface area contributed by atoms with Gasteiger partial charge in [0, 0.05) is 28.5 Å². The van der Waals surface area contributed by atoms with Crippen molar-refractivity contribution in [3.8, 4) is 17.0 Å². The lowest BCUT2D eigenvalue weighted by Crippen LogP contribution is -2.22. The molecule has 2 aromatic heterocycles. The van der Waals surface area contributed by atoms with Gasteiger partial charge in [-0.15, -0.1) is 5.10 Å². The number of halogens is 1. The van der Waals surface area contributed by atoms with Gasteiger partial charge < -0.3 is 19.7 Å². The third-order valence-electron chi connectivity index (χ3n) is 5.79. The minimum Gasteiger partial charge on any atom is -0.490 e. The van der Waals surface area contributed by atoms with Crippen LogP contribution < -0.4 is 10.1 Å². The second-order valence-electron chi connectivity index (χ2n) is 12.1. The summed E-state index contributed by atoms with van der Waals surface area (Å²) in [4.78, 5) is 28.5. The Bertz CT molecular complexity index is 1410. The van der Waals surface area contributed by atoms with Gasteiger partial charge in [0.1, 0.15) is 0 Å². The van der Waals surface area contributed by atoms with Crippen LogP contribution in [-0.4, -0.2) is 55.7 Å². The molecule has 11 heteroatoms. The molecule has 0 unspecified atom stereocenters.